The second-order valence-electron chi connectivity index (χ2n) is 6.36. The van der Waals surface area contributed by atoms with E-state index in [-0.39, 0.29) is 11.9 Å². The number of hydrogen-bond acceptors (Lipinski definition) is 5. The topological polar surface area (TPSA) is 75.9 Å². The first-order valence-corrected chi connectivity index (χ1v) is 8.44. The first kappa shape index (κ1) is 16.6. The van der Waals surface area contributed by atoms with Gasteiger partial charge in [-0.15, -0.1) is 10.2 Å². The second-order valence-corrected chi connectivity index (χ2v) is 6.36. The second kappa shape index (κ2) is 8.01. The number of nitrogens with one attached hydrogen (secondary N) is 1. The maximum Gasteiger partial charge on any atom is 0.220 e. The van der Waals surface area contributed by atoms with Crippen molar-refractivity contribution in [2.75, 3.05) is 13.1 Å². The molecule has 0 bridgehead atoms. The van der Waals surface area contributed by atoms with E-state index in [2.05, 4.69) is 31.5 Å². The third kappa shape index (κ3) is 4.61. The molecule has 0 aromatic carbocycles. The number of aryl methyl sites for hydroxylation is 2. The van der Waals surface area contributed by atoms with E-state index in [0.717, 1.165) is 38.3 Å². The van der Waals surface area contributed by atoms with Crippen molar-refractivity contribution in [1.82, 2.24) is 30.0 Å². The van der Waals surface area contributed by atoms with Gasteiger partial charge in [-0.1, -0.05) is 6.07 Å². The quantitative estimate of drug-likeness (QED) is 0.853. The summed E-state index contributed by atoms with van der Waals surface area (Å²) in [5.74, 6) is 0.929. The highest BCUT2D eigenvalue weighted by Crippen LogP contribution is 2.13. The number of aromatic nitrogens is 4. The predicted octanol–water partition coefficient (Wildman–Crippen LogP) is 0.923. The number of rotatable bonds is 6. The molecule has 128 valence electrons. The lowest BCUT2D eigenvalue weighted by molar-refractivity contribution is -0.122. The zero-order valence-corrected chi connectivity index (χ0v) is 14.1. The summed E-state index contributed by atoms with van der Waals surface area (Å²) in [7, 11) is 1.89. The van der Waals surface area contributed by atoms with Crippen molar-refractivity contribution in [1.29, 1.82) is 0 Å². The van der Waals surface area contributed by atoms with Crippen molar-refractivity contribution in [2.45, 2.75) is 38.3 Å². The van der Waals surface area contributed by atoms with Crippen molar-refractivity contribution in [3.63, 3.8) is 0 Å². The molecule has 1 saturated heterocycles. The lowest BCUT2D eigenvalue weighted by atomic mass is 10.0. The van der Waals surface area contributed by atoms with Gasteiger partial charge in [0, 0.05) is 51.4 Å². The molecule has 0 spiro atoms. The van der Waals surface area contributed by atoms with E-state index in [4.69, 9.17) is 0 Å². The molecule has 7 heteroatoms. The summed E-state index contributed by atoms with van der Waals surface area (Å²) in [5.41, 5.74) is 1.21. The zero-order valence-electron chi connectivity index (χ0n) is 14.1. The average Bonchev–Trinajstić information content (AvgIpc) is 2.99. The van der Waals surface area contributed by atoms with E-state index >= 15 is 0 Å². The minimum atomic E-state index is 0.0891. The number of nitrogens with zero attached hydrogens (tertiary/aromatic N) is 5. The monoisotopic (exact) mass is 328 g/mol. The largest absolute Gasteiger partial charge is 0.352 e. The Morgan fingerprint density at radius 3 is 3.12 bits per heavy atom. The van der Waals surface area contributed by atoms with Gasteiger partial charge in [0.1, 0.15) is 12.2 Å². The smallest absolute Gasteiger partial charge is 0.220 e. The summed E-state index contributed by atoms with van der Waals surface area (Å²) in [6.07, 6.45) is 8.57. The van der Waals surface area contributed by atoms with E-state index in [1.807, 2.05) is 23.9 Å². The minimum Gasteiger partial charge on any atom is -0.352 e. The summed E-state index contributed by atoms with van der Waals surface area (Å²) < 4.78 is 1.85. The summed E-state index contributed by atoms with van der Waals surface area (Å²) in [6, 6.07) is 4.28. The molecule has 24 heavy (non-hydrogen) atoms. The van der Waals surface area contributed by atoms with E-state index in [0.29, 0.717) is 12.8 Å². The van der Waals surface area contributed by atoms with Crippen molar-refractivity contribution in [3.05, 3.63) is 42.2 Å². The Kier molecular flexibility index (Phi) is 5.53. The molecule has 3 rings (SSSR count). The zero-order chi connectivity index (χ0) is 16.8. The summed E-state index contributed by atoms with van der Waals surface area (Å²) >= 11 is 0. The van der Waals surface area contributed by atoms with Gasteiger partial charge in [0.05, 0.1) is 0 Å². The Morgan fingerprint density at radius 1 is 1.46 bits per heavy atom. The van der Waals surface area contributed by atoms with Crippen LogP contribution in [-0.2, 0) is 24.8 Å². The summed E-state index contributed by atoms with van der Waals surface area (Å²) in [4.78, 5) is 18.7. The van der Waals surface area contributed by atoms with Crippen molar-refractivity contribution in [2.24, 2.45) is 7.05 Å². The van der Waals surface area contributed by atoms with Crippen LogP contribution in [0.5, 0.6) is 0 Å². The van der Waals surface area contributed by atoms with Crippen LogP contribution in [0.3, 0.4) is 0 Å². The number of amides is 1. The highest BCUT2D eigenvalue weighted by Gasteiger charge is 2.21. The van der Waals surface area contributed by atoms with Gasteiger partial charge in [-0.3, -0.25) is 14.7 Å². The first-order chi connectivity index (χ1) is 11.7. The third-order valence-corrected chi connectivity index (χ3v) is 4.38. The van der Waals surface area contributed by atoms with Crippen molar-refractivity contribution in [3.8, 4) is 0 Å². The van der Waals surface area contributed by atoms with E-state index < -0.39 is 0 Å². The van der Waals surface area contributed by atoms with Crippen LogP contribution in [0.25, 0.3) is 0 Å². The lowest BCUT2D eigenvalue weighted by Crippen LogP contribution is -2.47. The standard InChI is InChI=1S/C17H24N6O/c1-22-13-19-21-16(22)6-7-17(24)20-15-5-3-9-23(12-15)11-14-4-2-8-18-10-14/h2,4,8,10,13,15H,3,5-7,9,11-12H2,1H3,(H,20,24). The van der Waals surface area contributed by atoms with Crippen molar-refractivity contribution >= 4 is 5.91 Å². The predicted molar refractivity (Wildman–Crippen MR) is 90.0 cm³/mol. The Hall–Kier alpha value is -2.28. The molecule has 1 atom stereocenters. The molecule has 7 nitrogen and oxygen atoms in total. The maximum atomic E-state index is 12.2. The van der Waals surface area contributed by atoms with Gasteiger partial charge in [-0.2, -0.15) is 0 Å². The van der Waals surface area contributed by atoms with Gasteiger partial charge in [0.2, 0.25) is 5.91 Å². The highest BCUT2D eigenvalue weighted by molar-refractivity contribution is 5.76. The number of carbonyl (C=O) groups excluding carboxylic acids is 1. The molecule has 1 amide bonds. The van der Waals surface area contributed by atoms with Gasteiger partial charge in [0.15, 0.2) is 0 Å². The molecule has 0 aliphatic carbocycles. The number of piperidine rings is 1. The normalized spacial score (nSPS) is 18.5. The molecule has 0 saturated carbocycles. The molecule has 0 radical (unpaired) electrons. The van der Waals surface area contributed by atoms with E-state index in [1.54, 1.807) is 12.5 Å². The SMILES string of the molecule is Cn1cnnc1CCC(=O)NC1CCCN(Cc2cccnc2)C1. The van der Waals surface area contributed by atoms with Crippen LogP contribution in [0.2, 0.25) is 0 Å². The number of likely N-dealkylation sites (tertiary alicyclic amines) is 1. The summed E-state index contributed by atoms with van der Waals surface area (Å²) in [5, 5.41) is 11.0. The third-order valence-electron chi connectivity index (χ3n) is 4.38. The fourth-order valence-electron chi connectivity index (χ4n) is 3.13. The first-order valence-electron chi connectivity index (χ1n) is 8.44. The molecule has 1 unspecified atom stereocenters. The minimum absolute atomic E-state index is 0.0891. The van der Waals surface area contributed by atoms with Gasteiger partial charge >= 0.3 is 0 Å². The van der Waals surface area contributed by atoms with Crippen LogP contribution < -0.4 is 5.32 Å². The fourth-order valence-corrected chi connectivity index (χ4v) is 3.13. The lowest BCUT2D eigenvalue weighted by Gasteiger charge is -2.33. The molecule has 1 N–H and O–H groups in total. The van der Waals surface area contributed by atoms with E-state index in [1.165, 1.54) is 5.56 Å². The van der Waals surface area contributed by atoms with Crippen LogP contribution in [-0.4, -0.2) is 49.7 Å². The maximum absolute atomic E-state index is 12.2. The molecule has 1 aliphatic heterocycles. The van der Waals surface area contributed by atoms with Gasteiger partial charge < -0.3 is 9.88 Å². The Bertz CT molecular complexity index is 656. The van der Waals surface area contributed by atoms with Gasteiger partial charge in [-0.25, -0.2) is 0 Å². The fraction of sp³-hybridized carbons (Fsp3) is 0.529. The molecule has 2 aromatic heterocycles. The van der Waals surface area contributed by atoms with Crippen LogP contribution in [0.1, 0.15) is 30.7 Å². The number of pyridine rings is 1. The van der Waals surface area contributed by atoms with Gasteiger partial charge in [-0.05, 0) is 31.0 Å². The number of hydrogen-bond donors (Lipinski definition) is 1. The Balaban J connectivity index is 1.44. The highest BCUT2D eigenvalue weighted by atomic mass is 16.1. The molecular weight excluding hydrogens is 304 g/mol. The molecule has 2 aromatic rings. The van der Waals surface area contributed by atoms with Gasteiger partial charge in [0.25, 0.3) is 0 Å². The van der Waals surface area contributed by atoms with E-state index in [9.17, 15) is 4.79 Å². The molecule has 1 aliphatic rings. The molecule has 1 fully saturated rings. The Morgan fingerprint density at radius 2 is 2.38 bits per heavy atom. The molecule has 3 heterocycles. The van der Waals surface area contributed by atoms with Crippen LogP contribution >= 0.6 is 0 Å². The van der Waals surface area contributed by atoms with Crippen LogP contribution in [0.4, 0.5) is 0 Å². The average molecular weight is 328 g/mol. The summed E-state index contributed by atoms with van der Waals surface area (Å²) in [6.45, 7) is 2.85. The number of carbonyl (C=O) groups is 1. The van der Waals surface area contributed by atoms with Crippen LogP contribution in [0, 0.1) is 0 Å². The molecular formula is C17H24N6O. The van der Waals surface area contributed by atoms with Crippen molar-refractivity contribution < 1.29 is 4.79 Å². The van der Waals surface area contributed by atoms with Crippen LogP contribution in [0.15, 0.2) is 30.9 Å². The Labute approximate surface area is 142 Å².